The van der Waals surface area contributed by atoms with Crippen LogP contribution >= 0.6 is 22.6 Å². The van der Waals surface area contributed by atoms with Gasteiger partial charge >= 0.3 is 0 Å². The van der Waals surface area contributed by atoms with Crippen LogP contribution in [0.2, 0.25) is 0 Å². The Bertz CT molecular complexity index is 809. The number of halogens is 4. The summed E-state index contributed by atoms with van der Waals surface area (Å²) in [7, 11) is -4.35. The summed E-state index contributed by atoms with van der Waals surface area (Å²) < 4.78 is 66.8. The maximum atomic E-state index is 13.6. The van der Waals surface area contributed by atoms with E-state index in [2.05, 4.69) is 27.3 Å². The average Bonchev–Trinajstić information content (AvgIpc) is 2.39. The summed E-state index contributed by atoms with van der Waals surface area (Å²) in [5.41, 5.74) is 0.855. The molecule has 3 nitrogen and oxygen atoms in total. The lowest BCUT2D eigenvalue weighted by Gasteiger charge is -2.11. The first-order valence-corrected chi connectivity index (χ1v) is 8.21. The SMILES string of the molecule is Cc1cc(I)ccc1NS(=O)(=O)c1ccc(F)c(F)c1F. The van der Waals surface area contributed by atoms with Crippen molar-refractivity contribution in [3.05, 3.63) is 56.9 Å². The molecule has 1 N–H and O–H groups in total. The number of hydrogen-bond acceptors (Lipinski definition) is 2. The highest BCUT2D eigenvalue weighted by Crippen LogP contribution is 2.24. The minimum atomic E-state index is -4.35. The molecule has 0 aliphatic heterocycles. The molecule has 2 aromatic rings. The average molecular weight is 427 g/mol. The van der Waals surface area contributed by atoms with Gasteiger partial charge in [-0.25, -0.2) is 21.6 Å². The van der Waals surface area contributed by atoms with Crippen LogP contribution in [0.1, 0.15) is 5.56 Å². The first-order valence-electron chi connectivity index (χ1n) is 5.65. The second-order valence-electron chi connectivity index (χ2n) is 4.24. The number of benzene rings is 2. The fourth-order valence-corrected chi connectivity index (χ4v) is 3.51. The van der Waals surface area contributed by atoms with E-state index in [0.29, 0.717) is 17.7 Å². The standard InChI is InChI=1S/C13H9F3INO2S/c1-7-6-8(17)2-4-10(7)18-21(19,20)11-5-3-9(14)12(15)13(11)16/h2-6,18H,1H3. The van der Waals surface area contributed by atoms with Gasteiger partial charge in [-0.2, -0.15) is 0 Å². The second-order valence-corrected chi connectivity index (χ2v) is 7.13. The summed E-state index contributed by atoms with van der Waals surface area (Å²) in [4.78, 5) is -0.945. The highest BCUT2D eigenvalue weighted by atomic mass is 127. The van der Waals surface area contributed by atoms with Crippen molar-refractivity contribution in [2.24, 2.45) is 0 Å². The van der Waals surface area contributed by atoms with Crippen molar-refractivity contribution in [3.8, 4) is 0 Å². The maximum absolute atomic E-state index is 13.6. The summed E-state index contributed by atoms with van der Waals surface area (Å²) in [6.07, 6.45) is 0. The van der Waals surface area contributed by atoms with E-state index in [9.17, 15) is 21.6 Å². The molecule has 0 heterocycles. The zero-order valence-corrected chi connectivity index (χ0v) is 13.6. The number of aryl methyl sites for hydroxylation is 1. The molecule has 0 saturated carbocycles. The Morgan fingerprint density at radius 1 is 1.05 bits per heavy atom. The zero-order valence-electron chi connectivity index (χ0n) is 10.6. The van der Waals surface area contributed by atoms with Gasteiger partial charge in [0.15, 0.2) is 17.5 Å². The number of anilines is 1. The molecule has 2 aromatic carbocycles. The van der Waals surface area contributed by atoms with E-state index >= 15 is 0 Å². The van der Waals surface area contributed by atoms with Gasteiger partial charge in [-0.15, -0.1) is 0 Å². The second kappa shape index (κ2) is 5.84. The van der Waals surface area contributed by atoms with Crippen LogP contribution in [0, 0.1) is 27.9 Å². The lowest BCUT2D eigenvalue weighted by Crippen LogP contribution is -2.16. The molecule has 8 heteroatoms. The Morgan fingerprint density at radius 2 is 1.71 bits per heavy atom. The maximum Gasteiger partial charge on any atom is 0.264 e. The predicted octanol–water partition coefficient (Wildman–Crippen LogP) is 3.82. The molecule has 0 radical (unpaired) electrons. The molecule has 0 saturated heterocycles. The van der Waals surface area contributed by atoms with Crippen LogP contribution in [0.3, 0.4) is 0 Å². The molecule has 0 bridgehead atoms. The summed E-state index contributed by atoms with van der Waals surface area (Å²) >= 11 is 2.06. The summed E-state index contributed by atoms with van der Waals surface area (Å²) in [5, 5.41) is 0. The number of nitrogens with one attached hydrogen (secondary N) is 1. The number of hydrogen-bond donors (Lipinski definition) is 1. The van der Waals surface area contributed by atoms with Crippen molar-refractivity contribution in [2.75, 3.05) is 4.72 Å². The smallest absolute Gasteiger partial charge is 0.264 e. The number of rotatable bonds is 3. The van der Waals surface area contributed by atoms with Gasteiger partial charge in [0.2, 0.25) is 0 Å². The van der Waals surface area contributed by atoms with Crippen molar-refractivity contribution in [2.45, 2.75) is 11.8 Å². The van der Waals surface area contributed by atoms with E-state index in [1.807, 2.05) is 0 Å². The Labute approximate surface area is 133 Å². The highest BCUT2D eigenvalue weighted by molar-refractivity contribution is 14.1. The largest absolute Gasteiger partial charge is 0.279 e. The van der Waals surface area contributed by atoms with Crippen LogP contribution in [0.5, 0.6) is 0 Å². The third kappa shape index (κ3) is 3.31. The van der Waals surface area contributed by atoms with Crippen LogP contribution in [-0.4, -0.2) is 8.42 Å². The first kappa shape index (κ1) is 16.1. The van der Waals surface area contributed by atoms with Crippen LogP contribution in [0.15, 0.2) is 35.2 Å². The summed E-state index contributed by atoms with van der Waals surface area (Å²) in [6, 6.07) is 6.13. The molecule has 0 atom stereocenters. The predicted molar refractivity (Wildman–Crippen MR) is 81.0 cm³/mol. The van der Waals surface area contributed by atoms with Gasteiger partial charge in [0.05, 0.1) is 5.69 Å². The van der Waals surface area contributed by atoms with Gasteiger partial charge in [0, 0.05) is 3.57 Å². The van der Waals surface area contributed by atoms with Gasteiger partial charge in [0.25, 0.3) is 10.0 Å². The minimum Gasteiger partial charge on any atom is -0.279 e. The van der Waals surface area contributed by atoms with E-state index in [-0.39, 0.29) is 5.69 Å². The molecule has 21 heavy (non-hydrogen) atoms. The van der Waals surface area contributed by atoms with E-state index in [0.717, 1.165) is 3.57 Å². The Balaban J connectivity index is 2.46. The highest BCUT2D eigenvalue weighted by Gasteiger charge is 2.24. The normalized spacial score (nSPS) is 11.5. The van der Waals surface area contributed by atoms with Crippen molar-refractivity contribution in [3.63, 3.8) is 0 Å². The van der Waals surface area contributed by atoms with Gasteiger partial charge in [0.1, 0.15) is 4.90 Å². The molecule has 112 valence electrons. The lowest BCUT2D eigenvalue weighted by molar-refractivity contribution is 0.432. The topological polar surface area (TPSA) is 46.2 Å². The molecule has 0 aromatic heterocycles. The van der Waals surface area contributed by atoms with Crippen LogP contribution in [0.4, 0.5) is 18.9 Å². The van der Waals surface area contributed by atoms with Gasteiger partial charge in [-0.3, -0.25) is 4.72 Å². The zero-order chi connectivity index (χ0) is 15.8. The fourth-order valence-electron chi connectivity index (χ4n) is 1.66. The minimum absolute atomic E-state index is 0.236. The molecule has 0 spiro atoms. The van der Waals surface area contributed by atoms with Gasteiger partial charge in [-0.05, 0) is 65.4 Å². The Hall–Kier alpha value is -1.29. The van der Waals surface area contributed by atoms with Crippen LogP contribution < -0.4 is 4.72 Å². The van der Waals surface area contributed by atoms with Gasteiger partial charge < -0.3 is 0 Å². The van der Waals surface area contributed by atoms with Gasteiger partial charge in [-0.1, -0.05) is 0 Å². The van der Waals surface area contributed by atoms with Crippen molar-refractivity contribution in [1.29, 1.82) is 0 Å². The molecule has 0 amide bonds. The van der Waals surface area contributed by atoms with Crippen LogP contribution in [-0.2, 0) is 10.0 Å². The molecular weight excluding hydrogens is 418 g/mol. The molecule has 0 unspecified atom stereocenters. The third-order valence-electron chi connectivity index (χ3n) is 2.72. The Kier molecular flexibility index (Phi) is 4.47. The van der Waals surface area contributed by atoms with Crippen molar-refractivity contribution in [1.82, 2.24) is 0 Å². The van der Waals surface area contributed by atoms with Crippen molar-refractivity contribution >= 4 is 38.3 Å². The fraction of sp³-hybridized carbons (Fsp3) is 0.0769. The summed E-state index contributed by atoms with van der Waals surface area (Å²) in [6.45, 7) is 1.67. The molecule has 0 aliphatic rings. The number of sulfonamides is 1. The van der Waals surface area contributed by atoms with E-state index in [1.54, 1.807) is 19.1 Å². The molecule has 0 fully saturated rings. The molecular formula is C13H9F3INO2S. The lowest BCUT2D eigenvalue weighted by atomic mass is 10.2. The van der Waals surface area contributed by atoms with Crippen LogP contribution in [0.25, 0.3) is 0 Å². The summed E-state index contributed by atoms with van der Waals surface area (Å²) in [5.74, 6) is -5.01. The Morgan fingerprint density at radius 3 is 2.33 bits per heavy atom. The quantitative estimate of drug-likeness (QED) is 0.598. The third-order valence-corrected chi connectivity index (χ3v) is 4.78. The first-order chi connectivity index (χ1) is 9.72. The van der Waals surface area contributed by atoms with E-state index in [1.165, 1.54) is 6.07 Å². The van der Waals surface area contributed by atoms with E-state index in [4.69, 9.17) is 0 Å². The van der Waals surface area contributed by atoms with E-state index < -0.39 is 32.4 Å². The monoisotopic (exact) mass is 427 g/mol. The molecule has 2 rings (SSSR count). The molecule has 0 aliphatic carbocycles. The van der Waals surface area contributed by atoms with Crippen molar-refractivity contribution < 1.29 is 21.6 Å².